The molecule has 0 unspecified atom stereocenters. The second-order valence-corrected chi connectivity index (χ2v) is 5.02. The zero-order valence-electron chi connectivity index (χ0n) is 13.3. The third-order valence-corrected chi connectivity index (χ3v) is 3.51. The van der Waals surface area contributed by atoms with Crippen molar-refractivity contribution in [1.82, 2.24) is 0 Å². The van der Waals surface area contributed by atoms with Gasteiger partial charge in [-0.2, -0.15) is 0 Å². The number of para-hydroxylation sites is 1. The molecule has 0 saturated carbocycles. The molecule has 0 radical (unpaired) electrons. The number of primary amides is 1. The smallest absolute Gasteiger partial charge is 0.254 e. The van der Waals surface area contributed by atoms with Crippen molar-refractivity contribution < 1.29 is 18.7 Å². The first-order valence-electron chi connectivity index (χ1n) is 7.22. The topological polar surface area (TPSA) is 87.1 Å². The Morgan fingerprint density at radius 2 is 1.88 bits per heavy atom. The molecule has 6 heteroatoms. The predicted molar refractivity (Wildman–Crippen MR) is 89.5 cm³/mol. The van der Waals surface area contributed by atoms with E-state index in [9.17, 15) is 4.79 Å². The summed E-state index contributed by atoms with van der Waals surface area (Å²) in [6.45, 7) is 0. The summed E-state index contributed by atoms with van der Waals surface area (Å²) in [5, 5.41) is 0.702. The average Bonchev–Trinajstić information content (AvgIpc) is 2.60. The van der Waals surface area contributed by atoms with Gasteiger partial charge >= 0.3 is 0 Å². The van der Waals surface area contributed by atoms with E-state index >= 15 is 0 Å². The van der Waals surface area contributed by atoms with Crippen molar-refractivity contribution in [3.63, 3.8) is 0 Å². The maximum Gasteiger partial charge on any atom is 0.254 e. The number of hydrogen-bond donors (Lipinski definition) is 1. The van der Waals surface area contributed by atoms with Crippen LogP contribution in [0.4, 0.5) is 5.69 Å². The van der Waals surface area contributed by atoms with Crippen LogP contribution in [0.3, 0.4) is 0 Å². The summed E-state index contributed by atoms with van der Waals surface area (Å²) in [4.78, 5) is 16.2. The molecule has 0 atom stereocenters. The fraction of sp³-hybridized carbons (Fsp3) is 0.111. The van der Waals surface area contributed by atoms with Crippen LogP contribution >= 0.6 is 0 Å². The lowest BCUT2D eigenvalue weighted by atomic mass is 10.1. The standard InChI is InChI=1S/C18H16N2O4/c1-22-13-7-4-6-12(10-13)20-18-14(17(19)21)9-11-5-3-8-15(23-2)16(11)24-18/h3-10H,1-2H3,(H2,19,21). The zero-order valence-corrected chi connectivity index (χ0v) is 13.3. The molecular formula is C18H16N2O4. The van der Waals surface area contributed by atoms with Gasteiger partial charge in [-0.25, -0.2) is 4.99 Å². The Balaban J connectivity index is 2.29. The van der Waals surface area contributed by atoms with Gasteiger partial charge in [0.25, 0.3) is 5.91 Å². The molecule has 1 aromatic heterocycles. The number of nitrogens with zero attached hydrogens (tertiary/aromatic N) is 1. The van der Waals surface area contributed by atoms with E-state index < -0.39 is 5.91 Å². The van der Waals surface area contributed by atoms with Gasteiger partial charge in [0.15, 0.2) is 11.3 Å². The van der Waals surface area contributed by atoms with Crippen molar-refractivity contribution in [3.8, 4) is 11.5 Å². The van der Waals surface area contributed by atoms with Gasteiger partial charge in [-0.3, -0.25) is 4.79 Å². The van der Waals surface area contributed by atoms with Gasteiger partial charge in [0, 0.05) is 11.5 Å². The summed E-state index contributed by atoms with van der Waals surface area (Å²) in [5.74, 6) is 0.575. The number of amides is 1. The average molecular weight is 324 g/mol. The third-order valence-electron chi connectivity index (χ3n) is 3.51. The van der Waals surface area contributed by atoms with Gasteiger partial charge in [0.2, 0.25) is 5.55 Å². The van der Waals surface area contributed by atoms with Crippen molar-refractivity contribution in [1.29, 1.82) is 0 Å². The predicted octanol–water partition coefficient (Wildman–Crippen LogP) is 2.78. The second-order valence-electron chi connectivity index (χ2n) is 5.02. The second kappa shape index (κ2) is 6.45. The summed E-state index contributed by atoms with van der Waals surface area (Å²) in [7, 11) is 3.12. The molecule has 1 amide bonds. The van der Waals surface area contributed by atoms with Gasteiger partial charge in [-0.05, 0) is 24.3 Å². The molecule has 1 heterocycles. The molecular weight excluding hydrogens is 308 g/mol. The minimum Gasteiger partial charge on any atom is -0.497 e. The first kappa shape index (κ1) is 15.6. The van der Waals surface area contributed by atoms with Crippen LogP contribution in [0, 0.1) is 0 Å². The summed E-state index contributed by atoms with van der Waals surface area (Å²) in [5.41, 5.74) is 6.85. The summed E-state index contributed by atoms with van der Waals surface area (Å²) in [6.07, 6.45) is 0. The third kappa shape index (κ3) is 2.94. The lowest BCUT2D eigenvalue weighted by molar-refractivity contribution is 0.0996. The molecule has 122 valence electrons. The van der Waals surface area contributed by atoms with Crippen molar-refractivity contribution in [2.75, 3.05) is 14.2 Å². The number of carbonyl (C=O) groups excluding carboxylic acids is 1. The molecule has 6 nitrogen and oxygen atoms in total. The van der Waals surface area contributed by atoms with Crippen LogP contribution in [0.15, 0.2) is 57.9 Å². The van der Waals surface area contributed by atoms with Crippen LogP contribution in [0.1, 0.15) is 10.4 Å². The van der Waals surface area contributed by atoms with E-state index in [0.717, 1.165) is 0 Å². The first-order chi connectivity index (χ1) is 11.6. The van der Waals surface area contributed by atoms with E-state index in [2.05, 4.69) is 4.99 Å². The summed E-state index contributed by atoms with van der Waals surface area (Å²) in [6, 6.07) is 14.1. The van der Waals surface area contributed by atoms with E-state index in [0.29, 0.717) is 28.2 Å². The summed E-state index contributed by atoms with van der Waals surface area (Å²) < 4.78 is 16.3. The minimum absolute atomic E-state index is 0.118. The van der Waals surface area contributed by atoms with E-state index in [1.54, 1.807) is 56.7 Å². The van der Waals surface area contributed by atoms with Gasteiger partial charge in [0.05, 0.1) is 19.9 Å². The number of rotatable bonds is 4. The van der Waals surface area contributed by atoms with Crippen LogP contribution in [0.25, 0.3) is 11.0 Å². The first-order valence-corrected chi connectivity index (χ1v) is 7.22. The van der Waals surface area contributed by atoms with E-state index in [1.165, 1.54) is 0 Å². The highest BCUT2D eigenvalue weighted by molar-refractivity contribution is 5.96. The van der Waals surface area contributed by atoms with Crippen LogP contribution in [-0.4, -0.2) is 20.1 Å². The van der Waals surface area contributed by atoms with Crippen LogP contribution in [-0.2, 0) is 0 Å². The Kier molecular flexibility index (Phi) is 4.20. The molecule has 0 bridgehead atoms. The molecule has 0 aliphatic heterocycles. The Bertz CT molecular complexity index is 976. The Hall–Kier alpha value is -3.28. The van der Waals surface area contributed by atoms with Gasteiger partial charge < -0.3 is 19.6 Å². The maximum absolute atomic E-state index is 11.8. The fourth-order valence-corrected chi connectivity index (χ4v) is 2.34. The molecule has 2 aromatic carbocycles. The van der Waals surface area contributed by atoms with Crippen LogP contribution < -0.4 is 20.8 Å². The minimum atomic E-state index is -0.620. The number of carbonyl (C=O) groups is 1. The Morgan fingerprint density at radius 3 is 2.58 bits per heavy atom. The Labute approximate surface area is 138 Å². The monoisotopic (exact) mass is 324 g/mol. The lowest BCUT2D eigenvalue weighted by Gasteiger charge is -2.06. The van der Waals surface area contributed by atoms with Gasteiger partial charge in [-0.15, -0.1) is 0 Å². The van der Waals surface area contributed by atoms with Crippen LogP contribution in [0.2, 0.25) is 0 Å². The normalized spacial score (nSPS) is 11.5. The van der Waals surface area contributed by atoms with Crippen molar-refractivity contribution in [2.24, 2.45) is 10.7 Å². The summed E-state index contributed by atoms with van der Waals surface area (Å²) >= 11 is 0. The Morgan fingerprint density at radius 1 is 1.08 bits per heavy atom. The number of ether oxygens (including phenoxy) is 2. The van der Waals surface area contributed by atoms with E-state index in [1.807, 2.05) is 6.07 Å². The van der Waals surface area contributed by atoms with Gasteiger partial charge in [0.1, 0.15) is 11.3 Å². The maximum atomic E-state index is 11.8. The van der Waals surface area contributed by atoms with Crippen molar-refractivity contribution in [3.05, 3.63) is 59.6 Å². The highest BCUT2D eigenvalue weighted by atomic mass is 16.5. The van der Waals surface area contributed by atoms with Crippen LogP contribution in [0.5, 0.6) is 11.5 Å². The molecule has 0 saturated heterocycles. The number of fused-ring (bicyclic) bond motifs is 1. The number of nitrogens with two attached hydrogens (primary N) is 1. The molecule has 0 fully saturated rings. The molecule has 24 heavy (non-hydrogen) atoms. The van der Waals surface area contributed by atoms with Crippen molar-refractivity contribution in [2.45, 2.75) is 0 Å². The molecule has 0 aliphatic rings. The van der Waals surface area contributed by atoms with Crippen molar-refractivity contribution >= 4 is 22.6 Å². The fourth-order valence-electron chi connectivity index (χ4n) is 2.34. The quantitative estimate of drug-likeness (QED) is 0.799. The zero-order chi connectivity index (χ0) is 17.1. The largest absolute Gasteiger partial charge is 0.497 e. The molecule has 2 N–H and O–H groups in total. The SMILES string of the molecule is COc1cccc(N=c2oc3c(OC)cccc3cc2C(N)=O)c1. The number of benzene rings is 2. The van der Waals surface area contributed by atoms with Gasteiger partial charge in [-0.1, -0.05) is 18.2 Å². The van der Waals surface area contributed by atoms with E-state index in [4.69, 9.17) is 19.6 Å². The lowest BCUT2D eigenvalue weighted by Crippen LogP contribution is -2.21. The molecule has 3 rings (SSSR count). The molecule has 0 aliphatic carbocycles. The van der Waals surface area contributed by atoms with E-state index in [-0.39, 0.29) is 11.1 Å². The molecule has 0 spiro atoms. The molecule has 3 aromatic rings. The highest BCUT2D eigenvalue weighted by Crippen LogP contribution is 2.25. The number of methoxy groups -OCH3 is 2. The number of hydrogen-bond acceptors (Lipinski definition) is 5. The highest BCUT2D eigenvalue weighted by Gasteiger charge is 2.12.